The van der Waals surface area contributed by atoms with Crippen LogP contribution in [0.4, 0.5) is 4.79 Å². The minimum absolute atomic E-state index is 0.0624. The van der Waals surface area contributed by atoms with Crippen LogP contribution in [-0.2, 0) is 4.79 Å². The van der Waals surface area contributed by atoms with Crippen molar-refractivity contribution >= 4 is 11.9 Å². The number of rotatable bonds is 4. The predicted molar refractivity (Wildman–Crippen MR) is 91.3 cm³/mol. The van der Waals surface area contributed by atoms with Gasteiger partial charge >= 0.3 is 6.03 Å². The maximum absolute atomic E-state index is 12.4. The molecule has 1 aliphatic carbocycles. The van der Waals surface area contributed by atoms with Gasteiger partial charge in [0.15, 0.2) is 0 Å². The standard InChI is InChI=1S/C17H32N4O2/c1-4-18-15(22)13-20-9-11-21(12-10-20)16(23)19-14-5-7-17(2,3)8-6-14/h14H,4-13H2,1-3H3,(H,18,22)(H,19,23). The van der Waals surface area contributed by atoms with E-state index in [0.717, 1.165) is 25.9 Å². The number of hydrogen-bond acceptors (Lipinski definition) is 3. The fraction of sp³-hybridized carbons (Fsp3) is 0.882. The number of carbonyl (C=O) groups is 2. The zero-order valence-electron chi connectivity index (χ0n) is 14.9. The second kappa shape index (κ2) is 7.99. The number of urea groups is 1. The van der Waals surface area contributed by atoms with E-state index in [9.17, 15) is 9.59 Å². The van der Waals surface area contributed by atoms with Gasteiger partial charge in [0.2, 0.25) is 5.91 Å². The molecule has 0 aromatic carbocycles. The molecule has 23 heavy (non-hydrogen) atoms. The van der Waals surface area contributed by atoms with E-state index in [-0.39, 0.29) is 11.9 Å². The maximum Gasteiger partial charge on any atom is 0.317 e. The van der Waals surface area contributed by atoms with E-state index in [1.54, 1.807) is 0 Å². The van der Waals surface area contributed by atoms with E-state index in [1.165, 1.54) is 12.8 Å². The van der Waals surface area contributed by atoms with Crippen LogP contribution in [0.5, 0.6) is 0 Å². The SMILES string of the molecule is CCNC(=O)CN1CCN(C(=O)NC2CCC(C)(C)CC2)CC1. The second-order valence-electron chi connectivity index (χ2n) is 7.60. The van der Waals surface area contributed by atoms with Crippen molar-refractivity contribution < 1.29 is 9.59 Å². The molecule has 0 atom stereocenters. The number of amides is 3. The summed E-state index contributed by atoms with van der Waals surface area (Å²) in [4.78, 5) is 28.0. The Morgan fingerprint density at radius 3 is 2.26 bits per heavy atom. The van der Waals surface area contributed by atoms with Crippen molar-refractivity contribution in [2.45, 2.75) is 52.5 Å². The highest BCUT2D eigenvalue weighted by Gasteiger charge is 2.29. The molecule has 2 fully saturated rings. The predicted octanol–water partition coefficient (Wildman–Crippen LogP) is 1.42. The van der Waals surface area contributed by atoms with Gasteiger partial charge in [0.05, 0.1) is 6.54 Å². The van der Waals surface area contributed by atoms with E-state index in [2.05, 4.69) is 29.4 Å². The molecule has 1 aliphatic heterocycles. The topological polar surface area (TPSA) is 64.7 Å². The first-order valence-corrected chi connectivity index (χ1v) is 8.94. The Morgan fingerprint density at radius 2 is 1.70 bits per heavy atom. The molecule has 2 N–H and O–H groups in total. The minimum atomic E-state index is 0.0624. The quantitative estimate of drug-likeness (QED) is 0.822. The van der Waals surface area contributed by atoms with Crippen LogP contribution in [0.25, 0.3) is 0 Å². The zero-order chi connectivity index (χ0) is 16.9. The van der Waals surface area contributed by atoms with Gasteiger partial charge in [-0.1, -0.05) is 13.8 Å². The highest BCUT2D eigenvalue weighted by atomic mass is 16.2. The van der Waals surface area contributed by atoms with Crippen LogP contribution >= 0.6 is 0 Å². The molecule has 1 heterocycles. The van der Waals surface area contributed by atoms with Crippen molar-refractivity contribution in [3.63, 3.8) is 0 Å². The zero-order valence-corrected chi connectivity index (χ0v) is 14.9. The van der Waals surface area contributed by atoms with Crippen LogP contribution in [0.15, 0.2) is 0 Å². The fourth-order valence-electron chi connectivity index (χ4n) is 3.37. The van der Waals surface area contributed by atoms with E-state index in [0.29, 0.717) is 37.6 Å². The molecule has 0 bridgehead atoms. The van der Waals surface area contributed by atoms with Crippen molar-refractivity contribution in [2.75, 3.05) is 39.3 Å². The molecule has 2 rings (SSSR count). The number of carbonyl (C=O) groups excluding carboxylic acids is 2. The lowest BCUT2D eigenvalue weighted by Gasteiger charge is -2.38. The highest BCUT2D eigenvalue weighted by molar-refractivity contribution is 5.78. The molecular formula is C17H32N4O2. The third-order valence-corrected chi connectivity index (χ3v) is 5.07. The van der Waals surface area contributed by atoms with Gasteiger partial charge in [-0.15, -0.1) is 0 Å². The molecule has 3 amide bonds. The average molecular weight is 324 g/mol. The molecule has 0 aromatic rings. The Balaban J connectivity index is 1.68. The third-order valence-electron chi connectivity index (χ3n) is 5.07. The number of nitrogens with zero attached hydrogens (tertiary/aromatic N) is 2. The molecule has 0 radical (unpaired) electrons. The van der Waals surface area contributed by atoms with Crippen LogP contribution in [0.2, 0.25) is 0 Å². The maximum atomic E-state index is 12.4. The Morgan fingerprint density at radius 1 is 1.09 bits per heavy atom. The number of likely N-dealkylation sites (N-methyl/N-ethyl adjacent to an activating group) is 1. The number of piperazine rings is 1. The Labute approximate surface area is 140 Å². The van der Waals surface area contributed by atoms with Crippen molar-refractivity contribution in [3.8, 4) is 0 Å². The third kappa shape index (κ3) is 5.68. The van der Waals surface area contributed by atoms with E-state index >= 15 is 0 Å². The summed E-state index contributed by atoms with van der Waals surface area (Å²) in [7, 11) is 0. The van der Waals surface area contributed by atoms with Gasteiger partial charge in [-0.2, -0.15) is 0 Å². The van der Waals surface area contributed by atoms with Crippen LogP contribution in [-0.4, -0.2) is 67.0 Å². The van der Waals surface area contributed by atoms with Gasteiger partial charge in [-0.3, -0.25) is 9.69 Å². The van der Waals surface area contributed by atoms with Crippen molar-refractivity contribution in [1.82, 2.24) is 20.4 Å². The van der Waals surface area contributed by atoms with Crippen molar-refractivity contribution in [3.05, 3.63) is 0 Å². The molecule has 6 heteroatoms. The van der Waals surface area contributed by atoms with Gasteiger partial charge < -0.3 is 15.5 Å². The summed E-state index contributed by atoms with van der Waals surface area (Å²) in [5.74, 6) is 0.0650. The molecule has 6 nitrogen and oxygen atoms in total. The largest absolute Gasteiger partial charge is 0.355 e. The monoisotopic (exact) mass is 324 g/mol. The molecule has 0 aromatic heterocycles. The van der Waals surface area contributed by atoms with Crippen molar-refractivity contribution in [1.29, 1.82) is 0 Å². The second-order valence-corrected chi connectivity index (χ2v) is 7.60. The summed E-state index contributed by atoms with van der Waals surface area (Å²) < 4.78 is 0. The molecule has 0 unspecified atom stereocenters. The highest BCUT2D eigenvalue weighted by Crippen LogP contribution is 2.35. The molecule has 0 spiro atoms. The summed E-state index contributed by atoms with van der Waals surface area (Å²) in [5, 5.41) is 6.01. The van der Waals surface area contributed by atoms with Crippen molar-refractivity contribution in [2.24, 2.45) is 5.41 Å². The summed E-state index contributed by atoms with van der Waals surface area (Å²) in [6.07, 6.45) is 4.52. The summed E-state index contributed by atoms with van der Waals surface area (Å²) in [6.45, 7) is 10.6. The van der Waals surface area contributed by atoms with E-state index in [4.69, 9.17) is 0 Å². The van der Waals surface area contributed by atoms with Gasteiger partial charge in [0, 0.05) is 38.8 Å². The molecule has 1 saturated heterocycles. The van der Waals surface area contributed by atoms with E-state index in [1.807, 2.05) is 11.8 Å². The average Bonchev–Trinajstić information content (AvgIpc) is 2.50. The molecule has 1 saturated carbocycles. The lowest BCUT2D eigenvalue weighted by Crippen LogP contribution is -2.55. The lowest BCUT2D eigenvalue weighted by molar-refractivity contribution is -0.122. The first kappa shape index (κ1) is 18.0. The number of hydrogen-bond donors (Lipinski definition) is 2. The first-order valence-electron chi connectivity index (χ1n) is 8.94. The smallest absolute Gasteiger partial charge is 0.317 e. The summed E-state index contributed by atoms with van der Waals surface area (Å²) in [5.41, 5.74) is 0.423. The van der Waals surface area contributed by atoms with Crippen LogP contribution < -0.4 is 10.6 Å². The van der Waals surface area contributed by atoms with Crippen LogP contribution in [0.1, 0.15) is 46.5 Å². The molecular weight excluding hydrogens is 292 g/mol. The Kier molecular flexibility index (Phi) is 6.27. The summed E-state index contributed by atoms with van der Waals surface area (Å²) >= 11 is 0. The van der Waals surface area contributed by atoms with Gasteiger partial charge in [-0.25, -0.2) is 4.79 Å². The normalized spacial score (nSPS) is 22.7. The van der Waals surface area contributed by atoms with Crippen LogP contribution in [0, 0.1) is 5.41 Å². The van der Waals surface area contributed by atoms with Gasteiger partial charge in [0.25, 0.3) is 0 Å². The van der Waals surface area contributed by atoms with Gasteiger partial charge in [-0.05, 0) is 38.0 Å². The minimum Gasteiger partial charge on any atom is -0.355 e. The fourth-order valence-corrected chi connectivity index (χ4v) is 3.37. The Bertz CT molecular complexity index is 407. The van der Waals surface area contributed by atoms with Gasteiger partial charge in [0.1, 0.15) is 0 Å². The Hall–Kier alpha value is -1.30. The molecule has 132 valence electrons. The van der Waals surface area contributed by atoms with Crippen LogP contribution in [0.3, 0.4) is 0 Å². The number of nitrogens with one attached hydrogen (secondary N) is 2. The lowest BCUT2D eigenvalue weighted by atomic mass is 9.75. The van der Waals surface area contributed by atoms with E-state index < -0.39 is 0 Å². The molecule has 2 aliphatic rings. The summed E-state index contributed by atoms with van der Waals surface area (Å²) in [6, 6.07) is 0.385. The first-order chi connectivity index (χ1) is 10.9.